The second kappa shape index (κ2) is 10.0. The number of thioether (sulfide) groups is 1. The molecular weight excluding hydrogens is 360 g/mol. The maximum atomic E-state index is 12.7. The Morgan fingerprint density at radius 3 is 2.67 bits per heavy atom. The summed E-state index contributed by atoms with van der Waals surface area (Å²) in [5.74, 6) is 1.54. The quantitative estimate of drug-likeness (QED) is 0.532. The topological polar surface area (TPSA) is 66.0 Å². The van der Waals surface area contributed by atoms with Crippen LogP contribution in [0.25, 0.3) is 0 Å². The molecular formula is C20H36N4O2S. The summed E-state index contributed by atoms with van der Waals surface area (Å²) >= 11 is 1.92. The summed E-state index contributed by atoms with van der Waals surface area (Å²) in [4.78, 5) is 19.6. The first kappa shape index (κ1) is 20.8. The maximum Gasteiger partial charge on any atom is 0.225 e. The monoisotopic (exact) mass is 396 g/mol. The lowest BCUT2D eigenvalue weighted by atomic mass is 9.99. The van der Waals surface area contributed by atoms with E-state index in [9.17, 15) is 4.79 Å². The molecule has 2 heterocycles. The Hall–Kier alpha value is -0.950. The fraction of sp³-hybridized carbons (Fsp3) is 0.900. The van der Waals surface area contributed by atoms with Crippen LogP contribution in [-0.2, 0) is 9.53 Å². The highest BCUT2D eigenvalue weighted by Gasteiger charge is 2.34. The van der Waals surface area contributed by atoms with Gasteiger partial charge in [-0.1, -0.05) is 12.8 Å². The summed E-state index contributed by atoms with van der Waals surface area (Å²) in [6.07, 6.45) is 9.90. The summed E-state index contributed by atoms with van der Waals surface area (Å²) in [5.41, 5.74) is 0. The molecule has 0 aromatic rings. The number of aliphatic imine (C=N–C) groups is 1. The first-order valence-corrected chi connectivity index (χ1v) is 11.8. The smallest absolute Gasteiger partial charge is 0.225 e. The zero-order valence-corrected chi connectivity index (χ0v) is 17.8. The van der Waals surface area contributed by atoms with Crippen LogP contribution in [0, 0.1) is 5.92 Å². The second-order valence-corrected chi connectivity index (χ2v) is 9.36. The first-order chi connectivity index (χ1) is 13.2. The largest absolute Gasteiger partial charge is 0.381 e. The van der Waals surface area contributed by atoms with Crippen molar-refractivity contribution < 1.29 is 9.53 Å². The van der Waals surface area contributed by atoms with Crippen molar-refractivity contribution >= 4 is 23.6 Å². The second-order valence-electron chi connectivity index (χ2n) is 8.09. The Morgan fingerprint density at radius 1 is 1.26 bits per heavy atom. The molecule has 1 saturated carbocycles. The highest BCUT2D eigenvalue weighted by Crippen LogP contribution is 2.34. The van der Waals surface area contributed by atoms with Gasteiger partial charge in [-0.25, -0.2) is 0 Å². The summed E-state index contributed by atoms with van der Waals surface area (Å²) < 4.78 is 5.73. The molecule has 154 valence electrons. The molecule has 1 amide bonds. The van der Waals surface area contributed by atoms with E-state index in [1.807, 2.05) is 11.8 Å². The van der Waals surface area contributed by atoms with E-state index in [2.05, 4.69) is 28.7 Å². The van der Waals surface area contributed by atoms with Gasteiger partial charge < -0.3 is 20.3 Å². The third-order valence-corrected chi connectivity index (χ3v) is 7.66. The van der Waals surface area contributed by atoms with Crippen molar-refractivity contribution in [2.75, 3.05) is 45.6 Å². The Kier molecular flexibility index (Phi) is 7.70. The first-order valence-electron chi connectivity index (χ1n) is 10.6. The van der Waals surface area contributed by atoms with Crippen molar-refractivity contribution in [3.8, 4) is 0 Å². The van der Waals surface area contributed by atoms with Crippen LogP contribution in [0.5, 0.6) is 0 Å². The number of ether oxygens (including phenoxy) is 1. The van der Waals surface area contributed by atoms with Gasteiger partial charge in [0.25, 0.3) is 0 Å². The Labute approximate surface area is 168 Å². The Bertz CT molecular complexity index is 516. The minimum absolute atomic E-state index is 0.195. The van der Waals surface area contributed by atoms with Gasteiger partial charge in [0.2, 0.25) is 5.91 Å². The standard InChI is InChI=1S/C20H36N4O2S/c1-3-21-19(22-15-20(27-2)9-12-26-13-10-20)23-17-8-11-24(14-17)18(25)16-6-4-5-7-16/h16-17H,3-15H2,1-2H3,(H2,21,22,23). The van der Waals surface area contributed by atoms with Gasteiger partial charge in [0, 0.05) is 49.6 Å². The number of carbonyl (C=O) groups is 1. The van der Waals surface area contributed by atoms with Gasteiger partial charge in [-0.05, 0) is 45.3 Å². The SMILES string of the molecule is CCNC(=NCC1(SC)CCOCC1)NC1CCN(C(=O)C2CCCC2)C1. The summed E-state index contributed by atoms with van der Waals surface area (Å²) in [6, 6.07) is 0.299. The molecule has 3 aliphatic rings. The molecule has 27 heavy (non-hydrogen) atoms. The highest BCUT2D eigenvalue weighted by molar-refractivity contribution is 8.00. The number of rotatable bonds is 6. The van der Waals surface area contributed by atoms with Gasteiger partial charge in [0.15, 0.2) is 5.96 Å². The predicted molar refractivity (Wildman–Crippen MR) is 112 cm³/mol. The van der Waals surface area contributed by atoms with Gasteiger partial charge in [0.05, 0.1) is 6.54 Å². The van der Waals surface area contributed by atoms with Gasteiger partial charge >= 0.3 is 0 Å². The normalized spacial score (nSPS) is 26.4. The zero-order chi connectivity index (χ0) is 19.1. The molecule has 6 nitrogen and oxygen atoms in total. The lowest BCUT2D eigenvalue weighted by molar-refractivity contribution is -0.134. The van der Waals surface area contributed by atoms with E-state index < -0.39 is 0 Å². The number of carbonyl (C=O) groups excluding carboxylic acids is 1. The molecule has 0 aromatic carbocycles. The fourth-order valence-electron chi connectivity index (χ4n) is 4.42. The fourth-order valence-corrected chi connectivity index (χ4v) is 5.18. The molecule has 1 aliphatic carbocycles. The van der Waals surface area contributed by atoms with Gasteiger partial charge in [0.1, 0.15) is 0 Å². The molecule has 2 aliphatic heterocycles. The van der Waals surface area contributed by atoms with Gasteiger partial charge in [-0.15, -0.1) is 0 Å². The Balaban J connectivity index is 1.53. The Morgan fingerprint density at radius 2 is 2.00 bits per heavy atom. The van der Waals surface area contributed by atoms with E-state index in [1.165, 1.54) is 12.8 Å². The minimum Gasteiger partial charge on any atom is -0.381 e. The van der Waals surface area contributed by atoms with Crippen LogP contribution in [0.3, 0.4) is 0 Å². The minimum atomic E-state index is 0.195. The lowest BCUT2D eigenvalue weighted by Gasteiger charge is -2.34. The van der Waals surface area contributed by atoms with E-state index in [0.717, 1.165) is 77.5 Å². The number of hydrogen-bond donors (Lipinski definition) is 2. The third-order valence-electron chi connectivity index (χ3n) is 6.25. The molecule has 7 heteroatoms. The van der Waals surface area contributed by atoms with Crippen molar-refractivity contribution in [3.63, 3.8) is 0 Å². The molecule has 3 fully saturated rings. The van der Waals surface area contributed by atoms with Crippen molar-refractivity contribution in [3.05, 3.63) is 0 Å². The summed E-state index contributed by atoms with van der Waals surface area (Å²) in [7, 11) is 0. The molecule has 0 spiro atoms. The van der Waals surface area contributed by atoms with Crippen molar-refractivity contribution in [2.45, 2.75) is 62.7 Å². The van der Waals surface area contributed by atoms with Crippen LogP contribution < -0.4 is 10.6 Å². The van der Waals surface area contributed by atoms with Gasteiger partial charge in [-0.3, -0.25) is 9.79 Å². The van der Waals surface area contributed by atoms with Crippen molar-refractivity contribution in [1.29, 1.82) is 0 Å². The van der Waals surface area contributed by atoms with Crippen LogP contribution in [0.2, 0.25) is 0 Å². The molecule has 0 aromatic heterocycles. The number of guanidine groups is 1. The van der Waals surface area contributed by atoms with Crippen LogP contribution in [0.1, 0.15) is 51.9 Å². The third kappa shape index (κ3) is 5.53. The van der Waals surface area contributed by atoms with Crippen LogP contribution in [0.15, 0.2) is 4.99 Å². The summed E-state index contributed by atoms with van der Waals surface area (Å²) in [5, 5.41) is 6.96. The number of amides is 1. The average Bonchev–Trinajstić information content (AvgIpc) is 3.39. The lowest BCUT2D eigenvalue weighted by Crippen LogP contribution is -2.46. The summed E-state index contributed by atoms with van der Waals surface area (Å²) in [6.45, 7) is 7.10. The van der Waals surface area contributed by atoms with E-state index in [-0.39, 0.29) is 10.7 Å². The number of nitrogens with zero attached hydrogens (tertiary/aromatic N) is 2. The van der Waals surface area contributed by atoms with E-state index in [4.69, 9.17) is 9.73 Å². The van der Waals surface area contributed by atoms with Crippen molar-refractivity contribution in [1.82, 2.24) is 15.5 Å². The van der Waals surface area contributed by atoms with E-state index in [1.54, 1.807) is 0 Å². The molecule has 1 unspecified atom stereocenters. The number of likely N-dealkylation sites (tertiary alicyclic amines) is 1. The van der Waals surface area contributed by atoms with E-state index >= 15 is 0 Å². The van der Waals surface area contributed by atoms with E-state index in [0.29, 0.717) is 11.9 Å². The molecule has 2 saturated heterocycles. The highest BCUT2D eigenvalue weighted by atomic mass is 32.2. The van der Waals surface area contributed by atoms with Crippen molar-refractivity contribution in [2.24, 2.45) is 10.9 Å². The number of hydrogen-bond acceptors (Lipinski definition) is 4. The molecule has 2 N–H and O–H groups in total. The number of nitrogens with one attached hydrogen (secondary N) is 2. The molecule has 0 radical (unpaired) electrons. The molecule has 3 rings (SSSR count). The molecule has 0 bridgehead atoms. The van der Waals surface area contributed by atoms with Crippen LogP contribution in [0.4, 0.5) is 0 Å². The average molecular weight is 397 g/mol. The van der Waals surface area contributed by atoms with Crippen LogP contribution >= 0.6 is 11.8 Å². The maximum absolute atomic E-state index is 12.7. The zero-order valence-electron chi connectivity index (χ0n) is 17.0. The predicted octanol–water partition coefficient (Wildman–Crippen LogP) is 2.24. The molecule has 1 atom stereocenters. The van der Waals surface area contributed by atoms with Crippen LogP contribution in [-0.4, -0.2) is 73.2 Å². The van der Waals surface area contributed by atoms with Gasteiger partial charge in [-0.2, -0.15) is 11.8 Å².